The van der Waals surface area contributed by atoms with Crippen LogP contribution in [0.1, 0.15) is 395 Å². The van der Waals surface area contributed by atoms with Gasteiger partial charge in [0.15, 0.2) is 12.2 Å². The molecule has 0 spiro atoms. The summed E-state index contributed by atoms with van der Waals surface area (Å²) in [6, 6.07) is 0. The van der Waals surface area contributed by atoms with E-state index < -0.39 is 97.5 Å². The van der Waals surface area contributed by atoms with E-state index in [1.807, 2.05) is 0 Å². The maximum atomic E-state index is 13.1. The van der Waals surface area contributed by atoms with E-state index in [4.69, 9.17) is 37.0 Å². The van der Waals surface area contributed by atoms with Crippen LogP contribution in [0, 0.1) is 17.8 Å². The highest BCUT2D eigenvalue weighted by atomic mass is 31.2. The van der Waals surface area contributed by atoms with Gasteiger partial charge in [-0.1, -0.05) is 344 Å². The Morgan fingerprint density at radius 1 is 0.302 bits per heavy atom. The molecule has 0 fully saturated rings. The van der Waals surface area contributed by atoms with Crippen LogP contribution < -0.4 is 0 Å². The third kappa shape index (κ3) is 69.2. The maximum absolute atomic E-state index is 13.1. The molecule has 0 saturated carbocycles. The van der Waals surface area contributed by atoms with Gasteiger partial charge in [0.25, 0.3) is 0 Å². The van der Waals surface area contributed by atoms with Crippen molar-refractivity contribution in [2.24, 2.45) is 17.8 Å². The average molecular weight is 1410 g/mol. The maximum Gasteiger partial charge on any atom is 0.472 e. The molecule has 570 valence electrons. The summed E-state index contributed by atoms with van der Waals surface area (Å²) >= 11 is 0. The van der Waals surface area contributed by atoms with Crippen molar-refractivity contribution in [1.82, 2.24) is 0 Å². The first-order valence-corrected chi connectivity index (χ1v) is 42.9. The minimum absolute atomic E-state index is 0.106. The zero-order valence-electron chi connectivity index (χ0n) is 62.8. The summed E-state index contributed by atoms with van der Waals surface area (Å²) in [5.74, 6) is 0.234. The second-order valence-electron chi connectivity index (χ2n) is 28.9. The number of esters is 4. The molecule has 0 aromatic rings. The van der Waals surface area contributed by atoms with E-state index in [1.165, 1.54) is 199 Å². The molecule has 19 heteroatoms. The zero-order chi connectivity index (χ0) is 70.9. The molecule has 0 radical (unpaired) electrons. The van der Waals surface area contributed by atoms with Crippen molar-refractivity contribution >= 4 is 39.5 Å². The van der Waals surface area contributed by atoms with Crippen LogP contribution in [0.3, 0.4) is 0 Å². The lowest BCUT2D eigenvalue weighted by Crippen LogP contribution is -2.30. The number of phosphoric acid groups is 2. The predicted octanol–water partition coefficient (Wildman–Crippen LogP) is 22.6. The summed E-state index contributed by atoms with van der Waals surface area (Å²) in [7, 11) is -9.91. The molecule has 0 heterocycles. The molecule has 17 nitrogen and oxygen atoms in total. The minimum atomic E-state index is -4.96. The third-order valence-electron chi connectivity index (χ3n) is 18.2. The first-order chi connectivity index (χ1) is 46.3. The van der Waals surface area contributed by atoms with Crippen molar-refractivity contribution in [3.05, 3.63) is 0 Å². The molecule has 6 atom stereocenters. The Morgan fingerprint density at radius 2 is 0.531 bits per heavy atom. The fraction of sp³-hybridized carbons (Fsp3) is 0.948. The number of hydrogen-bond acceptors (Lipinski definition) is 15. The van der Waals surface area contributed by atoms with E-state index in [0.29, 0.717) is 31.6 Å². The second kappa shape index (κ2) is 67.5. The predicted molar refractivity (Wildman–Crippen MR) is 391 cm³/mol. The normalized spacial score (nSPS) is 14.3. The summed E-state index contributed by atoms with van der Waals surface area (Å²) in [5, 5.41) is 10.6. The summed E-state index contributed by atoms with van der Waals surface area (Å²) in [4.78, 5) is 72.8. The van der Waals surface area contributed by atoms with Gasteiger partial charge in [0, 0.05) is 25.7 Å². The van der Waals surface area contributed by atoms with Crippen molar-refractivity contribution in [3.8, 4) is 0 Å². The molecule has 0 aromatic carbocycles. The van der Waals surface area contributed by atoms with E-state index in [2.05, 4.69) is 48.5 Å². The molecule has 0 saturated heterocycles. The molecule has 0 bridgehead atoms. The molecule has 96 heavy (non-hydrogen) atoms. The fourth-order valence-corrected chi connectivity index (χ4v) is 13.3. The zero-order valence-corrected chi connectivity index (χ0v) is 64.6. The smallest absolute Gasteiger partial charge is 0.462 e. The molecule has 0 aliphatic carbocycles. The molecular weight excluding hydrogens is 1260 g/mol. The van der Waals surface area contributed by atoms with Crippen LogP contribution >= 0.6 is 15.6 Å². The van der Waals surface area contributed by atoms with Crippen LogP contribution in [-0.4, -0.2) is 96.7 Å². The Labute approximate surface area is 588 Å². The Kier molecular flexibility index (Phi) is 66.2. The van der Waals surface area contributed by atoms with E-state index in [9.17, 15) is 43.2 Å². The third-order valence-corrected chi connectivity index (χ3v) is 20.1. The largest absolute Gasteiger partial charge is 0.472 e. The van der Waals surface area contributed by atoms with Gasteiger partial charge in [-0.2, -0.15) is 0 Å². The number of carbonyl (C=O) groups is 4. The van der Waals surface area contributed by atoms with Crippen molar-refractivity contribution in [2.75, 3.05) is 39.6 Å². The number of carbonyl (C=O) groups excluding carboxylic acids is 4. The van der Waals surface area contributed by atoms with Crippen LogP contribution in [0.2, 0.25) is 0 Å². The Balaban J connectivity index is 5.23. The number of rotatable bonds is 75. The average Bonchev–Trinajstić information content (AvgIpc) is 2.34. The van der Waals surface area contributed by atoms with Crippen molar-refractivity contribution in [2.45, 2.75) is 414 Å². The molecular formula is C77H150O17P2. The van der Waals surface area contributed by atoms with Crippen molar-refractivity contribution < 1.29 is 80.2 Å². The van der Waals surface area contributed by atoms with Crippen molar-refractivity contribution in [1.29, 1.82) is 0 Å². The Hall–Kier alpha value is -1.94. The van der Waals surface area contributed by atoms with Crippen LogP contribution in [0.5, 0.6) is 0 Å². The van der Waals surface area contributed by atoms with Crippen LogP contribution in [0.25, 0.3) is 0 Å². The number of hydrogen-bond donors (Lipinski definition) is 3. The lowest BCUT2D eigenvalue weighted by molar-refractivity contribution is -0.161. The van der Waals surface area contributed by atoms with Gasteiger partial charge >= 0.3 is 39.5 Å². The Bertz CT molecular complexity index is 1870. The summed E-state index contributed by atoms with van der Waals surface area (Å²) in [5.41, 5.74) is 0. The first-order valence-electron chi connectivity index (χ1n) is 39.9. The van der Waals surface area contributed by atoms with Gasteiger partial charge in [0.05, 0.1) is 26.4 Å². The number of ether oxygens (including phenoxy) is 4. The first kappa shape index (κ1) is 94.1. The van der Waals surface area contributed by atoms with Gasteiger partial charge in [-0.25, -0.2) is 9.13 Å². The standard InChI is InChI=1S/C77H150O17P2/c1-8-10-11-12-13-14-23-31-38-46-53-60-76(81)94-73(65-88-75(80)59-52-45-40-33-35-42-49-56-69(5)6)67-92-96(85,86)90-63-71(78)62-89-95(83,84)91-66-72(64-87-74(79)58-51-44-37-30-26-21-17-15-19-24-28-34-41-48-55-68(3)4)93-77(82)61-54-47-39-32-27-22-18-16-20-25-29-36-43-50-57-70(7)9-2/h68-73,78H,8-67H2,1-7H3,(H,83,84)(H,85,86)/t70?,71-,72-,73-/m1/s1. The summed E-state index contributed by atoms with van der Waals surface area (Å²) in [6.45, 7) is 11.9. The number of aliphatic hydroxyl groups excluding tert-OH is 1. The SMILES string of the molecule is CCCCCCCCCCCCCC(=O)O[C@H](COC(=O)CCCCCCCCCC(C)C)COP(=O)(O)OC[C@H](O)COP(=O)(O)OC[C@@H](COC(=O)CCCCCCCCCCCCCCCCC(C)C)OC(=O)CCCCCCCCCCCCCCCCC(C)CC. The molecule has 3 N–H and O–H groups in total. The highest BCUT2D eigenvalue weighted by molar-refractivity contribution is 7.47. The van der Waals surface area contributed by atoms with Gasteiger partial charge < -0.3 is 33.8 Å². The van der Waals surface area contributed by atoms with Gasteiger partial charge in [-0.3, -0.25) is 37.3 Å². The molecule has 0 amide bonds. The minimum Gasteiger partial charge on any atom is -0.462 e. The van der Waals surface area contributed by atoms with Gasteiger partial charge in [0.1, 0.15) is 19.3 Å². The number of aliphatic hydroxyl groups is 1. The highest BCUT2D eigenvalue weighted by Crippen LogP contribution is 2.45. The van der Waals surface area contributed by atoms with Gasteiger partial charge in [-0.15, -0.1) is 0 Å². The Morgan fingerprint density at radius 3 is 0.792 bits per heavy atom. The van der Waals surface area contributed by atoms with E-state index in [-0.39, 0.29) is 25.7 Å². The molecule has 0 aliphatic heterocycles. The number of unbranched alkanes of at least 4 members (excludes halogenated alkanes) is 42. The van der Waals surface area contributed by atoms with Crippen LogP contribution in [0.15, 0.2) is 0 Å². The van der Waals surface area contributed by atoms with Crippen molar-refractivity contribution in [3.63, 3.8) is 0 Å². The van der Waals surface area contributed by atoms with Gasteiger partial charge in [-0.05, 0) is 43.4 Å². The quantitative estimate of drug-likeness (QED) is 0.0222. The highest BCUT2D eigenvalue weighted by Gasteiger charge is 2.30. The lowest BCUT2D eigenvalue weighted by Gasteiger charge is -2.21. The molecule has 0 rings (SSSR count). The summed E-state index contributed by atoms with van der Waals surface area (Å²) < 4.78 is 68.5. The van der Waals surface area contributed by atoms with E-state index in [1.54, 1.807) is 0 Å². The summed E-state index contributed by atoms with van der Waals surface area (Å²) in [6.07, 6.45) is 54.1. The lowest BCUT2D eigenvalue weighted by atomic mass is 9.99. The molecule has 0 aliphatic rings. The monoisotopic (exact) mass is 1410 g/mol. The molecule has 0 aromatic heterocycles. The van der Waals surface area contributed by atoms with Gasteiger partial charge in [0.2, 0.25) is 0 Å². The topological polar surface area (TPSA) is 237 Å². The van der Waals surface area contributed by atoms with E-state index in [0.717, 1.165) is 108 Å². The number of phosphoric ester groups is 2. The van der Waals surface area contributed by atoms with Crippen LogP contribution in [0.4, 0.5) is 0 Å². The second-order valence-corrected chi connectivity index (χ2v) is 31.8. The molecule has 3 unspecified atom stereocenters. The van der Waals surface area contributed by atoms with E-state index >= 15 is 0 Å². The van der Waals surface area contributed by atoms with Crippen LogP contribution in [-0.2, 0) is 65.4 Å². The fourth-order valence-electron chi connectivity index (χ4n) is 11.7.